The Morgan fingerprint density at radius 2 is 1.78 bits per heavy atom. The van der Waals surface area contributed by atoms with E-state index in [1.807, 2.05) is 6.92 Å². The number of anilines is 2. The molecule has 1 heterocycles. The second kappa shape index (κ2) is 10.6. The van der Waals surface area contributed by atoms with Gasteiger partial charge in [-0.3, -0.25) is 19.3 Å². The summed E-state index contributed by atoms with van der Waals surface area (Å²) in [6, 6.07) is 13.0. The zero-order chi connectivity index (χ0) is 23.3. The van der Waals surface area contributed by atoms with Crippen LogP contribution in [0.4, 0.5) is 11.4 Å². The minimum Gasteiger partial charge on any atom is -0.494 e. The first-order valence-electron chi connectivity index (χ1n) is 9.83. The van der Waals surface area contributed by atoms with E-state index in [-0.39, 0.29) is 24.0 Å². The third-order valence-electron chi connectivity index (χ3n) is 4.76. The monoisotopic (exact) mass is 519 g/mol. The van der Waals surface area contributed by atoms with E-state index >= 15 is 0 Å². The number of halogens is 1. The van der Waals surface area contributed by atoms with Gasteiger partial charge >= 0.3 is 5.97 Å². The zero-order valence-corrected chi connectivity index (χ0v) is 19.9. The Morgan fingerprint density at radius 3 is 2.38 bits per heavy atom. The van der Waals surface area contributed by atoms with Crippen LogP contribution in [0, 0.1) is 0 Å². The van der Waals surface area contributed by atoms with E-state index in [0.717, 1.165) is 4.47 Å². The number of thiocarbonyl (C=S) groups is 1. The van der Waals surface area contributed by atoms with Gasteiger partial charge in [0.25, 0.3) is 5.91 Å². The number of esters is 1. The minimum atomic E-state index is -0.941. The van der Waals surface area contributed by atoms with Crippen molar-refractivity contribution in [3.8, 4) is 5.75 Å². The van der Waals surface area contributed by atoms with Crippen molar-refractivity contribution in [1.29, 1.82) is 0 Å². The van der Waals surface area contributed by atoms with Gasteiger partial charge < -0.3 is 19.7 Å². The Morgan fingerprint density at radius 1 is 1.12 bits per heavy atom. The number of nitrogens with one attached hydrogen (secondary N) is 1. The molecule has 32 heavy (non-hydrogen) atoms. The molecule has 2 aromatic rings. The van der Waals surface area contributed by atoms with Crippen LogP contribution in [0.2, 0.25) is 0 Å². The number of nitrogens with zero attached hydrogens (tertiary/aromatic N) is 2. The molecule has 8 nitrogen and oxygen atoms in total. The van der Waals surface area contributed by atoms with Gasteiger partial charge in [0.05, 0.1) is 25.8 Å². The first kappa shape index (κ1) is 23.7. The van der Waals surface area contributed by atoms with E-state index in [2.05, 4.69) is 21.2 Å². The zero-order valence-electron chi connectivity index (χ0n) is 17.5. The van der Waals surface area contributed by atoms with Crippen LogP contribution in [0.5, 0.6) is 5.75 Å². The average Bonchev–Trinajstić information content (AvgIpc) is 3.00. The van der Waals surface area contributed by atoms with E-state index < -0.39 is 17.9 Å². The van der Waals surface area contributed by atoms with E-state index in [4.69, 9.17) is 21.7 Å². The van der Waals surface area contributed by atoms with E-state index in [1.54, 1.807) is 48.5 Å². The van der Waals surface area contributed by atoms with Crippen LogP contribution < -0.4 is 15.0 Å². The Kier molecular flexibility index (Phi) is 7.81. The second-order valence-electron chi connectivity index (χ2n) is 6.86. The fourth-order valence-electron chi connectivity index (χ4n) is 3.23. The molecular formula is C22H22BrN3O5S. The number of methoxy groups -OCH3 is 1. The maximum absolute atomic E-state index is 13.3. The smallest absolute Gasteiger partial charge is 0.325 e. The molecule has 1 fully saturated rings. The van der Waals surface area contributed by atoms with Gasteiger partial charge in [-0.05, 0) is 67.7 Å². The summed E-state index contributed by atoms with van der Waals surface area (Å²) in [7, 11) is 1.25. The molecule has 1 N–H and O–H groups in total. The summed E-state index contributed by atoms with van der Waals surface area (Å²) in [5, 5.41) is 2.89. The maximum atomic E-state index is 13.3. The Labute approximate surface area is 199 Å². The highest BCUT2D eigenvalue weighted by molar-refractivity contribution is 9.10. The molecule has 10 heteroatoms. The highest BCUT2D eigenvalue weighted by Gasteiger charge is 2.45. The number of hydrogen-bond donors (Lipinski definition) is 1. The maximum Gasteiger partial charge on any atom is 0.325 e. The topological polar surface area (TPSA) is 88.2 Å². The molecule has 1 aliphatic rings. The molecule has 0 saturated carbocycles. The number of hydrogen-bond acceptors (Lipinski definition) is 6. The molecule has 1 saturated heterocycles. The lowest BCUT2D eigenvalue weighted by atomic mass is 10.1. The van der Waals surface area contributed by atoms with Crippen molar-refractivity contribution in [3.63, 3.8) is 0 Å². The quantitative estimate of drug-likeness (QED) is 0.422. The molecule has 168 valence electrons. The van der Waals surface area contributed by atoms with Gasteiger partial charge in [-0.25, -0.2) is 0 Å². The van der Waals surface area contributed by atoms with Crippen molar-refractivity contribution < 1.29 is 23.9 Å². The molecule has 0 aromatic heterocycles. The van der Waals surface area contributed by atoms with Crippen LogP contribution in [0.15, 0.2) is 53.0 Å². The largest absolute Gasteiger partial charge is 0.494 e. The molecule has 0 aliphatic carbocycles. The highest BCUT2D eigenvalue weighted by Crippen LogP contribution is 2.29. The predicted octanol–water partition coefficient (Wildman–Crippen LogP) is 3.35. The van der Waals surface area contributed by atoms with Gasteiger partial charge in [0.2, 0.25) is 5.91 Å². The van der Waals surface area contributed by atoms with Gasteiger partial charge in [0, 0.05) is 10.2 Å². The summed E-state index contributed by atoms with van der Waals surface area (Å²) in [5.74, 6) is -0.677. The van der Waals surface area contributed by atoms with Crippen molar-refractivity contribution in [1.82, 2.24) is 4.90 Å². The van der Waals surface area contributed by atoms with E-state index in [0.29, 0.717) is 23.7 Å². The number of benzene rings is 2. The third-order valence-corrected chi connectivity index (χ3v) is 5.70. The predicted molar refractivity (Wildman–Crippen MR) is 128 cm³/mol. The summed E-state index contributed by atoms with van der Waals surface area (Å²) in [6.45, 7) is 2.15. The second-order valence-corrected chi connectivity index (χ2v) is 8.14. The highest BCUT2D eigenvalue weighted by atomic mass is 79.9. The van der Waals surface area contributed by atoms with Gasteiger partial charge in [0.1, 0.15) is 18.3 Å². The molecule has 1 aliphatic heterocycles. The van der Waals surface area contributed by atoms with Crippen LogP contribution >= 0.6 is 28.1 Å². The lowest BCUT2D eigenvalue weighted by Crippen LogP contribution is -2.41. The number of carbonyl (C=O) groups excluding carboxylic acids is 3. The molecule has 2 aromatic carbocycles. The van der Waals surface area contributed by atoms with Crippen molar-refractivity contribution >= 4 is 62.4 Å². The third kappa shape index (κ3) is 5.43. The number of rotatable bonds is 8. The molecule has 1 atom stereocenters. The van der Waals surface area contributed by atoms with Crippen molar-refractivity contribution in [3.05, 3.63) is 53.0 Å². The summed E-state index contributed by atoms with van der Waals surface area (Å²) in [6.07, 6.45) is -0.181. The average molecular weight is 520 g/mol. The molecule has 0 spiro atoms. The van der Waals surface area contributed by atoms with E-state index in [9.17, 15) is 14.4 Å². The summed E-state index contributed by atoms with van der Waals surface area (Å²) >= 11 is 8.84. The number of amides is 2. The lowest BCUT2D eigenvalue weighted by Gasteiger charge is -2.22. The number of carbonyl (C=O) groups is 3. The first-order valence-corrected chi connectivity index (χ1v) is 11.0. The molecule has 3 rings (SSSR count). The normalized spacial score (nSPS) is 15.7. The summed E-state index contributed by atoms with van der Waals surface area (Å²) in [4.78, 5) is 40.6. The van der Waals surface area contributed by atoms with Crippen LogP contribution in [0.25, 0.3) is 0 Å². The molecule has 0 radical (unpaired) electrons. The molecule has 0 bridgehead atoms. The molecule has 2 amide bonds. The van der Waals surface area contributed by atoms with E-state index in [1.165, 1.54) is 16.9 Å². The fourth-order valence-corrected chi connectivity index (χ4v) is 3.89. The fraction of sp³-hybridized carbons (Fsp3) is 0.273. The SMILES string of the molecule is CCOc1ccc(N2C(=O)[C@@H](CC(=O)Nc3ccc(Br)cc3)N(CC(=O)OC)C2=S)cc1. The van der Waals surface area contributed by atoms with Gasteiger partial charge in [-0.2, -0.15) is 0 Å². The van der Waals surface area contributed by atoms with Crippen molar-refractivity contribution in [2.75, 3.05) is 30.5 Å². The van der Waals surface area contributed by atoms with Crippen LogP contribution in [-0.4, -0.2) is 54.1 Å². The lowest BCUT2D eigenvalue weighted by molar-refractivity contribution is -0.141. The van der Waals surface area contributed by atoms with Crippen LogP contribution in [0.1, 0.15) is 13.3 Å². The first-order chi connectivity index (χ1) is 15.3. The Bertz CT molecular complexity index is 1010. The van der Waals surface area contributed by atoms with Crippen molar-refractivity contribution in [2.45, 2.75) is 19.4 Å². The van der Waals surface area contributed by atoms with Crippen LogP contribution in [-0.2, 0) is 19.1 Å². The van der Waals surface area contributed by atoms with Crippen LogP contribution in [0.3, 0.4) is 0 Å². The number of ether oxygens (including phenoxy) is 2. The summed E-state index contributed by atoms with van der Waals surface area (Å²) in [5.41, 5.74) is 1.11. The van der Waals surface area contributed by atoms with Gasteiger partial charge in [-0.15, -0.1) is 0 Å². The minimum absolute atomic E-state index is 0.131. The van der Waals surface area contributed by atoms with Crippen molar-refractivity contribution in [2.24, 2.45) is 0 Å². The standard InChI is InChI=1S/C22H22BrN3O5S/c1-3-31-17-10-8-16(9-11-17)26-21(29)18(25(22(26)32)13-20(28)30-2)12-19(27)24-15-6-4-14(23)5-7-15/h4-11,18H,3,12-13H2,1-2H3,(H,24,27)/t18-/m1/s1. The van der Waals surface area contributed by atoms with Gasteiger partial charge in [0.15, 0.2) is 5.11 Å². The molecule has 0 unspecified atom stereocenters. The van der Waals surface area contributed by atoms with Gasteiger partial charge in [-0.1, -0.05) is 15.9 Å². The Balaban J connectivity index is 1.82. The summed E-state index contributed by atoms with van der Waals surface area (Å²) < 4.78 is 11.1. The molecular weight excluding hydrogens is 498 g/mol. The Hall–Kier alpha value is -2.98.